The van der Waals surface area contributed by atoms with Crippen molar-refractivity contribution in [2.45, 2.75) is 6.54 Å². The molecule has 0 atom stereocenters. The van der Waals surface area contributed by atoms with Crippen molar-refractivity contribution in [3.05, 3.63) is 85.7 Å². The van der Waals surface area contributed by atoms with Crippen molar-refractivity contribution in [2.24, 2.45) is 0 Å². The van der Waals surface area contributed by atoms with E-state index in [1.807, 2.05) is 42.5 Å². The van der Waals surface area contributed by atoms with E-state index in [1.165, 1.54) is 4.68 Å². The Morgan fingerprint density at radius 2 is 1.66 bits per heavy atom. The first kappa shape index (κ1) is 20.2. The molecule has 2 heterocycles. The fraction of sp³-hybridized carbons (Fsp3) is 0.238. The van der Waals surface area contributed by atoms with Crippen LogP contribution in [-0.4, -0.2) is 40.9 Å². The highest BCUT2D eigenvalue weighted by molar-refractivity contribution is 6.35. The van der Waals surface area contributed by atoms with Gasteiger partial charge in [0.1, 0.15) is 5.02 Å². The van der Waals surface area contributed by atoms with Gasteiger partial charge in [0.2, 0.25) is 0 Å². The molecule has 0 radical (unpaired) electrons. The molecule has 3 aromatic rings. The summed E-state index contributed by atoms with van der Waals surface area (Å²) in [5, 5.41) is 5.83. The topological polar surface area (TPSA) is 41.4 Å². The van der Waals surface area contributed by atoms with Gasteiger partial charge in [0, 0.05) is 42.8 Å². The smallest absolute Gasteiger partial charge is 0.292 e. The minimum absolute atomic E-state index is 0.193. The second kappa shape index (κ2) is 8.76. The molecule has 1 aliphatic heterocycles. The number of rotatable bonds is 4. The van der Waals surface area contributed by atoms with Crippen LogP contribution in [0.1, 0.15) is 5.56 Å². The summed E-state index contributed by atoms with van der Waals surface area (Å²) in [6.07, 6.45) is 1.67. The summed E-state index contributed by atoms with van der Waals surface area (Å²) in [6, 6.07) is 14.8. The minimum Gasteiger partial charge on any atom is -0.366 e. The number of halogens is 3. The first-order valence-electron chi connectivity index (χ1n) is 9.27. The summed E-state index contributed by atoms with van der Waals surface area (Å²) in [4.78, 5) is 17.1. The lowest BCUT2D eigenvalue weighted by Gasteiger charge is -2.36. The molecular weight excluding hydrogens is 431 g/mol. The van der Waals surface area contributed by atoms with Gasteiger partial charge in [-0.3, -0.25) is 9.69 Å². The average Bonchev–Trinajstić information content (AvgIpc) is 2.73. The molecule has 0 unspecified atom stereocenters. The van der Waals surface area contributed by atoms with E-state index in [0.717, 1.165) is 38.3 Å². The molecule has 1 fully saturated rings. The fourth-order valence-corrected chi connectivity index (χ4v) is 4.15. The van der Waals surface area contributed by atoms with E-state index in [9.17, 15) is 4.79 Å². The predicted molar refractivity (Wildman–Crippen MR) is 119 cm³/mol. The highest BCUT2D eigenvalue weighted by atomic mass is 35.5. The van der Waals surface area contributed by atoms with Crippen LogP contribution in [0.2, 0.25) is 15.1 Å². The monoisotopic (exact) mass is 448 g/mol. The van der Waals surface area contributed by atoms with Gasteiger partial charge in [-0.2, -0.15) is 9.78 Å². The zero-order chi connectivity index (χ0) is 20.4. The lowest BCUT2D eigenvalue weighted by molar-refractivity contribution is 0.250. The second-order valence-electron chi connectivity index (χ2n) is 6.90. The number of anilines is 1. The maximum Gasteiger partial charge on any atom is 0.292 e. The SMILES string of the molecule is O=c1c(Cl)c(N2CCN(Cc3ccc(Cl)cc3Cl)CC2)cnn1-c1ccccc1. The molecule has 2 aromatic carbocycles. The molecule has 0 aliphatic carbocycles. The highest BCUT2D eigenvalue weighted by Gasteiger charge is 2.22. The first-order chi connectivity index (χ1) is 14.0. The largest absolute Gasteiger partial charge is 0.366 e. The third-order valence-corrected chi connectivity index (χ3v) is 5.97. The van der Waals surface area contributed by atoms with Crippen LogP contribution >= 0.6 is 34.8 Å². The number of hydrogen-bond donors (Lipinski definition) is 0. The second-order valence-corrected chi connectivity index (χ2v) is 8.12. The maximum absolute atomic E-state index is 12.7. The zero-order valence-corrected chi connectivity index (χ0v) is 17.8. The van der Waals surface area contributed by atoms with Crippen molar-refractivity contribution in [1.29, 1.82) is 0 Å². The molecule has 1 aliphatic rings. The van der Waals surface area contributed by atoms with Gasteiger partial charge in [0.15, 0.2) is 0 Å². The van der Waals surface area contributed by atoms with Gasteiger partial charge in [-0.15, -0.1) is 0 Å². The molecule has 0 spiro atoms. The van der Waals surface area contributed by atoms with Crippen molar-refractivity contribution in [2.75, 3.05) is 31.1 Å². The Balaban J connectivity index is 1.46. The van der Waals surface area contributed by atoms with E-state index >= 15 is 0 Å². The molecule has 0 N–H and O–H groups in total. The number of nitrogens with zero attached hydrogens (tertiary/aromatic N) is 4. The summed E-state index contributed by atoms with van der Waals surface area (Å²) < 4.78 is 1.32. The third-order valence-electron chi connectivity index (χ3n) is 5.02. The lowest BCUT2D eigenvalue weighted by Crippen LogP contribution is -2.46. The fourth-order valence-electron chi connectivity index (χ4n) is 3.44. The molecular formula is C21H19Cl3N4O. The van der Waals surface area contributed by atoms with Crippen molar-refractivity contribution < 1.29 is 0 Å². The Morgan fingerprint density at radius 1 is 0.931 bits per heavy atom. The number of piperazine rings is 1. The van der Waals surface area contributed by atoms with Gasteiger partial charge in [-0.25, -0.2) is 0 Å². The van der Waals surface area contributed by atoms with Crippen molar-refractivity contribution in [3.8, 4) is 5.69 Å². The Hall–Kier alpha value is -2.05. The normalized spacial score (nSPS) is 14.9. The third kappa shape index (κ3) is 4.43. The van der Waals surface area contributed by atoms with E-state index in [2.05, 4.69) is 14.9 Å². The Bertz CT molecular complexity index is 1060. The molecule has 0 amide bonds. The quantitative estimate of drug-likeness (QED) is 0.587. The number of hydrogen-bond acceptors (Lipinski definition) is 4. The minimum atomic E-state index is -0.314. The zero-order valence-electron chi connectivity index (χ0n) is 15.6. The first-order valence-corrected chi connectivity index (χ1v) is 10.4. The van der Waals surface area contributed by atoms with Crippen LogP contribution in [0.4, 0.5) is 5.69 Å². The van der Waals surface area contributed by atoms with Crippen LogP contribution in [-0.2, 0) is 6.54 Å². The van der Waals surface area contributed by atoms with Gasteiger partial charge in [0.05, 0.1) is 17.6 Å². The Kier molecular flexibility index (Phi) is 6.11. The molecule has 5 nitrogen and oxygen atoms in total. The molecule has 4 rings (SSSR count). The van der Waals surface area contributed by atoms with Gasteiger partial charge in [0.25, 0.3) is 5.56 Å². The van der Waals surface area contributed by atoms with Crippen molar-refractivity contribution in [1.82, 2.24) is 14.7 Å². The highest BCUT2D eigenvalue weighted by Crippen LogP contribution is 2.25. The molecule has 1 saturated heterocycles. The van der Waals surface area contributed by atoms with Gasteiger partial charge in [-0.1, -0.05) is 59.1 Å². The van der Waals surface area contributed by atoms with E-state index in [0.29, 0.717) is 21.4 Å². The van der Waals surface area contributed by atoms with Crippen molar-refractivity contribution >= 4 is 40.5 Å². The van der Waals surface area contributed by atoms with Gasteiger partial charge in [-0.05, 0) is 29.8 Å². The van der Waals surface area contributed by atoms with E-state index in [1.54, 1.807) is 12.3 Å². The maximum atomic E-state index is 12.7. The van der Waals surface area contributed by atoms with Crippen LogP contribution in [0.3, 0.4) is 0 Å². The summed E-state index contributed by atoms with van der Waals surface area (Å²) in [5.74, 6) is 0. The standard InChI is InChI=1S/C21H19Cl3N4O/c22-16-7-6-15(18(23)12-16)14-26-8-10-27(11-9-26)19-13-25-28(21(29)20(19)24)17-4-2-1-3-5-17/h1-7,12-13H,8-11,14H2. The summed E-state index contributed by atoms with van der Waals surface area (Å²) >= 11 is 18.7. The summed E-state index contributed by atoms with van der Waals surface area (Å²) in [5.41, 5.74) is 2.10. The van der Waals surface area contributed by atoms with Gasteiger partial charge >= 0.3 is 0 Å². The van der Waals surface area contributed by atoms with E-state index in [4.69, 9.17) is 34.8 Å². The molecule has 0 saturated carbocycles. The van der Waals surface area contributed by atoms with Crippen LogP contribution in [0.5, 0.6) is 0 Å². The predicted octanol–water partition coefficient (Wildman–Crippen LogP) is 4.51. The molecule has 8 heteroatoms. The van der Waals surface area contributed by atoms with E-state index in [-0.39, 0.29) is 10.6 Å². The average molecular weight is 450 g/mol. The van der Waals surface area contributed by atoms with Crippen LogP contribution in [0.15, 0.2) is 59.5 Å². The number of benzene rings is 2. The Labute approximate surface area is 184 Å². The lowest BCUT2D eigenvalue weighted by atomic mass is 10.2. The van der Waals surface area contributed by atoms with E-state index < -0.39 is 0 Å². The van der Waals surface area contributed by atoms with Crippen LogP contribution < -0.4 is 10.5 Å². The number of aromatic nitrogens is 2. The summed E-state index contributed by atoms with van der Waals surface area (Å²) in [6.45, 7) is 3.92. The molecule has 29 heavy (non-hydrogen) atoms. The van der Waals surface area contributed by atoms with Crippen LogP contribution in [0.25, 0.3) is 5.69 Å². The molecule has 150 valence electrons. The Morgan fingerprint density at radius 3 is 2.34 bits per heavy atom. The van der Waals surface area contributed by atoms with Crippen molar-refractivity contribution in [3.63, 3.8) is 0 Å². The summed E-state index contributed by atoms with van der Waals surface area (Å²) in [7, 11) is 0. The van der Waals surface area contributed by atoms with Gasteiger partial charge < -0.3 is 4.90 Å². The molecule has 0 bridgehead atoms. The van der Waals surface area contributed by atoms with Crippen LogP contribution in [0, 0.1) is 0 Å². The number of para-hydroxylation sites is 1. The molecule has 1 aromatic heterocycles.